The zero-order chi connectivity index (χ0) is 24.3. The molecule has 186 valence electrons. The van der Waals surface area contributed by atoms with E-state index < -0.39 is 29.1 Å². The van der Waals surface area contributed by atoms with E-state index >= 15 is 0 Å². The number of carbonyl (C=O) groups excluding carboxylic acids is 3. The number of carbonyl (C=O) groups is 3. The van der Waals surface area contributed by atoms with Crippen LogP contribution >= 0.6 is 0 Å². The van der Waals surface area contributed by atoms with Crippen molar-refractivity contribution in [3.8, 4) is 0 Å². The number of ether oxygens (including phenoxy) is 1. The maximum atomic E-state index is 13.8. The lowest BCUT2D eigenvalue weighted by atomic mass is 9.65. The smallest absolute Gasteiger partial charge is 0.246 e. The molecule has 0 saturated carbocycles. The second-order valence-electron chi connectivity index (χ2n) is 9.79. The molecule has 34 heavy (non-hydrogen) atoms. The van der Waals surface area contributed by atoms with Crippen molar-refractivity contribution in [2.45, 2.75) is 76.2 Å². The Bertz CT molecular complexity index is 909. The lowest BCUT2D eigenvalue weighted by molar-refractivity contribution is -0.147. The minimum Gasteiger partial charge on any atom is -0.396 e. The number of fused-ring (bicyclic) bond motifs is 1. The van der Waals surface area contributed by atoms with Crippen molar-refractivity contribution in [1.82, 2.24) is 15.5 Å². The third kappa shape index (κ3) is 4.01. The molecule has 5 atom stereocenters. The standard InChI is InChI=1S/C26H37N3O5/c1-3-14-27-22(31)19-20-24(33)29(15-8-9-16-30)21(26(20)13-12-25(19,4-2)34-26)23(32)28-17-18-10-6-5-7-11-18/h5-7,10-11,19-21,30H,3-4,8-9,12-17H2,1-2H3,(H,27,31)(H,28,32)/t19-,20-,21?,25+,26?/m0/s1. The predicted molar refractivity (Wildman–Crippen MR) is 126 cm³/mol. The third-order valence-electron chi connectivity index (χ3n) is 7.88. The topological polar surface area (TPSA) is 108 Å². The number of aliphatic hydroxyl groups excluding tert-OH is 1. The predicted octanol–water partition coefficient (Wildman–Crippen LogP) is 1.76. The van der Waals surface area contributed by atoms with E-state index in [-0.39, 0.29) is 24.3 Å². The number of rotatable bonds is 11. The molecule has 1 spiro atoms. The number of nitrogens with zero attached hydrogens (tertiary/aromatic N) is 1. The van der Waals surface area contributed by atoms with Crippen molar-refractivity contribution in [2.24, 2.45) is 11.8 Å². The Balaban J connectivity index is 1.65. The number of nitrogens with one attached hydrogen (secondary N) is 2. The highest BCUT2D eigenvalue weighted by Gasteiger charge is 2.78. The van der Waals surface area contributed by atoms with E-state index in [9.17, 15) is 19.5 Å². The highest BCUT2D eigenvalue weighted by Crippen LogP contribution is 2.64. The van der Waals surface area contributed by atoms with E-state index in [2.05, 4.69) is 10.6 Å². The van der Waals surface area contributed by atoms with Gasteiger partial charge in [0, 0.05) is 26.2 Å². The van der Waals surface area contributed by atoms with Crippen LogP contribution in [-0.2, 0) is 25.7 Å². The first kappa shape index (κ1) is 24.7. The van der Waals surface area contributed by atoms with Gasteiger partial charge in [-0.3, -0.25) is 14.4 Å². The number of hydrogen-bond donors (Lipinski definition) is 3. The zero-order valence-corrected chi connectivity index (χ0v) is 20.2. The molecule has 0 radical (unpaired) electrons. The van der Waals surface area contributed by atoms with Gasteiger partial charge in [-0.1, -0.05) is 44.2 Å². The molecule has 1 aromatic rings. The van der Waals surface area contributed by atoms with Crippen molar-refractivity contribution < 1.29 is 24.2 Å². The van der Waals surface area contributed by atoms with Gasteiger partial charge < -0.3 is 25.4 Å². The van der Waals surface area contributed by atoms with E-state index in [1.807, 2.05) is 44.2 Å². The number of benzene rings is 1. The molecule has 3 aliphatic heterocycles. The van der Waals surface area contributed by atoms with Gasteiger partial charge in [-0.2, -0.15) is 0 Å². The van der Waals surface area contributed by atoms with Crippen LogP contribution in [0.3, 0.4) is 0 Å². The van der Waals surface area contributed by atoms with Crippen molar-refractivity contribution in [1.29, 1.82) is 0 Å². The van der Waals surface area contributed by atoms with Crippen LogP contribution in [0.15, 0.2) is 30.3 Å². The van der Waals surface area contributed by atoms with Crippen molar-refractivity contribution in [2.75, 3.05) is 19.7 Å². The van der Waals surface area contributed by atoms with Crippen LogP contribution in [0.5, 0.6) is 0 Å². The maximum absolute atomic E-state index is 13.8. The molecular weight excluding hydrogens is 434 g/mol. The fourth-order valence-electron chi connectivity index (χ4n) is 6.29. The molecule has 3 heterocycles. The molecular formula is C26H37N3O5. The summed E-state index contributed by atoms with van der Waals surface area (Å²) in [6.45, 7) is 5.27. The molecule has 0 aliphatic carbocycles. The first-order valence-electron chi connectivity index (χ1n) is 12.6. The Morgan fingerprint density at radius 2 is 1.88 bits per heavy atom. The van der Waals surface area contributed by atoms with Gasteiger partial charge in [-0.25, -0.2) is 0 Å². The Labute approximate surface area is 201 Å². The highest BCUT2D eigenvalue weighted by atomic mass is 16.5. The first-order valence-corrected chi connectivity index (χ1v) is 12.6. The number of amides is 3. The average molecular weight is 472 g/mol. The number of likely N-dealkylation sites (tertiary alicyclic amines) is 1. The van der Waals surface area contributed by atoms with Crippen LogP contribution in [0.1, 0.15) is 57.9 Å². The van der Waals surface area contributed by atoms with E-state index in [4.69, 9.17) is 4.74 Å². The minimum absolute atomic E-state index is 0.0268. The summed E-state index contributed by atoms with van der Waals surface area (Å²) in [5.41, 5.74) is -0.742. The second-order valence-corrected chi connectivity index (χ2v) is 9.79. The van der Waals surface area contributed by atoms with Gasteiger partial charge in [0.2, 0.25) is 17.7 Å². The monoisotopic (exact) mass is 471 g/mol. The zero-order valence-electron chi connectivity index (χ0n) is 20.2. The number of aliphatic hydroxyl groups is 1. The molecule has 3 fully saturated rings. The van der Waals surface area contributed by atoms with Crippen LogP contribution in [0.25, 0.3) is 0 Å². The van der Waals surface area contributed by atoms with Gasteiger partial charge in [-0.05, 0) is 44.1 Å². The fraction of sp³-hybridized carbons (Fsp3) is 0.654. The summed E-state index contributed by atoms with van der Waals surface area (Å²) in [5.74, 6) is -1.84. The Morgan fingerprint density at radius 1 is 1.12 bits per heavy atom. The van der Waals surface area contributed by atoms with Gasteiger partial charge in [0.25, 0.3) is 0 Å². The van der Waals surface area contributed by atoms with Crippen molar-refractivity contribution in [3.63, 3.8) is 0 Å². The molecule has 0 aromatic heterocycles. The molecule has 4 rings (SSSR count). The normalized spacial score (nSPS) is 31.6. The van der Waals surface area contributed by atoms with Crippen LogP contribution in [0, 0.1) is 11.8 Å². The Morgan fingerprint density at radius 3 is 2.56 bits per heavy atom. The summed E-state index contributed by atoms with van der Waals surface area (Å²) in [5, 5.41) is 15.3. The maximum Gasteiger partial charge on any atom is 0.246 e. The Kier molecular flexibility index (Phi) is 7.28. The molecule has 2 unspecified atom stereocenters. The molecule has 3 N–H and O–H groups in total. The van der Waals surface area contributed by atoms with Crippen molar-refractivity contribution >= 4 is 17.7 Å². The van der Waals surface area contributed by atoms with E-state index in [1.165, 1.54) is 0 Å². The molecule has 2 bridgehead atoms. The van der Waals surface area contributed by atoms with E-state index in [1.54, 1.807) is 4.90 Å². The number of hydrogen-bond acceptors (Lipinski definition) is 5. The molecule has 1 aromatic carbocycles. The molecule has 3 amide bonds. The molecule has 3 aliphatic rings. The van der Waals surface area contributed by atoms with E-state index in [0.29, 0.717) is 51.7 Å². The average Bonchev–Trinajstić information content (AvgIpc) is 3.46. The molecule has 8 nitrogen and oxygen atoms in total. The second kappa shape index (κ2) is 10.0. The number of unbranched alkanes of at least 4 members (excludes halogenated alkanes) is 1. The van der Waals surface area contributed by atoms with Gasteiger partial charge in [0.1, 0.15) is 11.6 Å². The van der Waals surface area contributed by atoms with Crippen LogP contribution in [0.2, 0.25) is 0 Å². The lowest BCUT2D eigenvalue weighted by Crippen LogP contribution is -2.55. The van der Waals surface area contributed by atoms with Gasteiger partial charge in [0.15, 0.2) is 0 Å². The third-order valence-corrected chi connectivity index (χ3v) is 7.88. The summed E-state index contributed by atoms with van der Waals surface area (Å²) >= 11 is 0. The Hall–Kier alpha value is -2.45. The summed E-state index contributed by atoms with van der Waals surface area (Å²) in [6, 6.07) is 8.86. The molecule has 3 saturated heterocycles. The van der Waals surface area contributed by atoms with Crippen LogP contribution < -0.4 is 10.6 Å². The summed E-state index contributed by atoms with van der Waals surface area (Å²) in [7, 11) is 0. The lowest BCUT2D eigenvalue weighted by Gasteiger charge is -2.34. The summed E-state index contributed by atoms with van der Waals surface area (Å²) < 4.78 is 6.69. The summed E-state index contributed by atoms with van der Waals surface area (Å²) in [4.78, 5) is 42.4. The minimum atomic E-state index is -0.999. The van der Waals surface area contributed by atoms with Crippen LogP contribution in [-0.4, -0.2) is 64.7 Å². The largest absolute Gasteiger partial charge is 0.396 e. The van der Waals surface area contributed by atoms with E-state index in [0.717, 1.165) is 12.0 Å². The fourth-order valence-corrected chi connectivity index (χ4v) is 6.29. The van der Waals surface area contributed by atoms with Gasteiger partial charge >= 0.3 is 0 Å². The first-order chi connectivity index (χ1) is 16.4. The van der Waals surface area contributed by atoms with Gasteiger partial charge in [-0.15, -0.1) is 0 Å². The van der Waals surface area contributed by atoms with Crippen LogP contribution in [0.4, 0.5) is 0 Å². The van der Waals surface area contributed by atoms with Gasteiger partial charge in [0.05, 0.1) is 17.4 Å². The molecule has 8 heteroatoms. The summed E-state index contributed by atoms with van der Waals surface area (Å²) in [6.07, 6.45) is 3.78. The quantitative estimate of drug-likeness (QED) is 0.426. The highest BCUT2D eigenvalue weighted by molar-refractivity contribution is 5.99. The van der Waals surface area contributed by atoms with Crippen molar-refractivity contribution in [3.05, 3.63) is 35.9 Å². The SMILES string of the molecule is CCCNC(=O)[C@@H]1[C@H]2C(=O)N(CCCCO)C(C(=O)NCc3ccccc3)C23CC[C@@]1(CC)O3.